The van der Waals surface area contributed by atoms with Crippen LogP contribution in [0.1, 0.15) is 35.8 Å². The van der Waals surface area contributed by atoms with Crippen molar-refractivity contribution in [2.75, 3.05) is 6.61 Å². The van der Waals surface area contributed by atoms with Crippen molar-refractivity contribution in [1.29, 1.82) is 0 Å². The van der Waals surface area contributed by atoms with Gasteiger partial charge in [-0.25, -0.2) is 4.98 Å². The molecular formula is C19H23N3O3. The molecule has 0 radical (unpaired) electrons. The smallest absolute Gasteiger partial charge is 0.240 e. The minimum atomic E-state index is -0.252. The van der Waals surface area contributed by atoms with Crippen molar-refractivity contribution < 1.29 is 14.6 Å². The molecule has 2 N–H and O–H groups in total. The van der Waals surface area contributed by atoms with Gasteiger partial charge in [-0.2, -0.15) is 0 Å². The van der Waals surface area contributed by atoms with Crippen LogP contribution >= 0.6 is 0 Å². The van der Waals surface area contributed by atoms with Crippen LogP contribution in [-0.2, 0) is 17.8 Å². The molecule has 0 saturated heterocycles. The standard InChI is InChI=1S/C19H23N3O3/c1-12-20-5-6-22(12)11-18(24)21-19(15-9-16(23)10-15)14-2-3-17-13(8-14)4-7-25-17/h2-3,5-6,8,15-16,19,23H,4,7,9-11H2,1H3,(H,21,24). The summed E-state index contributed by atoms with van der Waals surface area (Å²) < 4.78 is 7.41. The van der Waals surface area contributed by atoms with Gasteiger partial charge in [0.1, 0.15) is 18.1 Å². The monoisotopic (exact) mass is 341 g/mol. The van der Waals surface area contributed by atoms with Gasteiger partial charge >= 0.3 is 0 Å². The van der Waals surface area contributed by atoms with Gasteiger partial charge in [0, 0.05) is 18.8 Å². The van der Waals surface area contributed by atoms with Gasteiger partial charge in [0.05, 0.1) is 18.8 Å². The van der Waals surface area contributed by atoms with Crippen LogP contribution in [0.5, 0.6) is 5.75 Å². The Balaban J connectivity index is 1.52. The second kappa shape index (κ2) is 6.52. The molecule has 2 heterocycles. The summed E-state index contributed by atoms with van der Waals surface area (Å²) in [4.78, 5) is 16.7. The van der Waals surface area contributed by atoms with E-state index in [1.165, 1.54) is 5.56 Å². The van der Waals surface area contributed by atoms with E-state index in [2.05, 4.69) is 16.4 Å². The van der Waals surface area contributed by atoms with Gasteiger partial charge in [0.15, 0.2) is 0 Å². The van der Waals surface area contributed by atoms with E-state index < -0.39 is 0 Å². The summed E-state index contributed by atoms with van der Waals surface area (Å²) in [7, 11) is 0. The lowest BCUT2D eigenvalue weighted by molar-refractivity contribution is -0.123. The lowest BCUT2D eigenvalue weighted by atomic mass is 9.75. The number of benzene rings is 1. The fraction of sp³-hybridized carbons (Fsp3) is 0.474. The van der Waals surface area contributed by atoms with Crippen molar-refractivity contribution in [1.82, 2.24) is 14.9 Å². The molecule has 0 bridgehead atoms. The lowest BCUT2D eigenvalue weighted by Gasteiger charge is -2.38. The van der Waals surface area contributed by atoms with E-state index >= 15 is 0 Å². The number of nitrogens with zero attached hydrogens (tertiary/aromatic N) is 2. The Morgan fingerprint density at radius 3 is 3.04 bits per heavy atom. The van der Waals surface area contributed by atoms with Crippen LogP contribution in [0.4, 0.5) is 0 Å². The molecule has 2 aromatic rings. The van der Waals surface area contributed by atoms with Crippen molar-refractivity contribution in [3.8, 4) is 5.75 Å². The number of carbonyl (C=O) groups is 1. The zero-order chi connectivity index (χ0) is 17.4. The van der Waals surface area contributed by atoms with E-state index in [1.54, 1.807) is 6.20 Å². The molecule has 4 rings (SSSR count). The second-order valence-electron chi connectivity index (χ2n) is 7.00. The highest BCUT2D eigenvalue weighted by Gasteiger charge is 2.36. The molecule has 6 nitrogen and oxygen atoms in total. The highest BCUT2D eigenvalue weighted by atomic mass is 16.5. The number of hydrogen-bond donors (Lipinski definition) is 2. The predicted octanol–water partition coefficient (Wildman–Crippen LogP) is 1.75. The molecule has 1 aliphatic heterocycles. The third-order valence-corrected chi connectivity index (χ3v) is 5.25. The van der Waals surface area contributed by atoms with E-state index in [9.17, 15) is 9.90 Å². The van der Waals surface area contributed by atoms with Crippen LogP contribution in [0.2, 0.25) is 0 Å². The predicted molar refractivity (Wildman–Crippen MR) is 92.2 cm³/mol. The molecule has 1 aromatic heterocycles. The van der Waals surface area contributed by atoms with E-state index in [0.29, 0.717) is 0 Å². The third-order valence-electron chi connectivity index (χ3n) is 5.25. The average molecular weight is 341 g/mol. The van der Waals surface area contributed by atoms with Gasteiger partial charge in [0.2, 0.25) is 5.91 Å². The molecule has 25 heavy (non-hydrogen) atoms. The van der Waals surface area contributed by atoms with Crippen LogP contribution < -0.4 is 10.1 Å². The maximum Gasteiger partial charge on any atom is 0.240 e. The molecule has 132 valence electrons. The Morgan fingerprint density at radius 2 is 2.32 bits per heavy atom. The first kappa shape index (κ1) is 16.1. The highest BCUT2D eigenvalue weighted by molar-refractivity contribution is 5.76. The topological polar surface area (TPSA) is 76.4 Å². The Hall–Kier alpha value is -2.34. The van der Waals surface area contributed by atoms with Gasteiger partial charge in [-0.15, -0.1) is 0 Å². The summed E-state index contributed by atoms with van der Waals surface area (Å²) in [5.74, 6) is 1.99. The molecule has 6 heteroatoms. The number of aliphatic hydroxyl groups is 1. The van der Waals surface area contributed by atoms with Gasteiger partial charge in [-0.1, -0.05) is 6.07 Å². The normalized spacial score (nSPS) is 22.6. The summed E-state index contributed by atoms with van der Waals surface area (Å²) in [6.45, 7) is 2.86. The zero-order valence-corrected chi connectivity index (χ0v) is 14.3. The molecule has 1 saturated carbocycles. The van der Waals surface area contributed by atoms with E-state index in [4.69, 9.17) is 4.74 Å². The van der Waals surface area contributed by atoms with Gasteiger partial charge in [0.25, 0.3) is 0 Å². The summed E-state index contributed by atoms with van der Waals surface area (Å²) in [6.07, 6.45) is 5.61. The zero-order valence-electron chi connectivity index (χ0n) is 14.3. The molecule has 1 atom stereocenters. The van der Waals surface area contributed by atoms with E-state index in [0.717, 1.165) is 43.0 Å². The number of nitrogens with one attached hydrogen (secondary N) is 1. The fourth-order valence-electron chi connectivity index (χ4n) is 3.72. The molecule has 1 aromatic carbocycles. The van der Waals surface area contributed by atoms with Crippen LogP contribution in [-0.4, -0.2) is 33.3 Å². The number of hydrogen-bond acceptors (Lipinski definition) is 4. The largest absolute Gasteiger partial charge is 0.493 e. The Kier molecular flexibility index (Phi) is 4.21. The first-order chi connectivity index (χ1) is 12.1. The van der Waals surface area contributed by atoms with Gasteiger partial charge < -0.3 is 19.7 Å². The Labute approximate surface area is 146 Å². The van der Waals surface area contributed by atoms with E-state index in [-0.39, 0.29) is 30.5 Å². The number of ether oxygens (including phenoxy) is 1. The molecule has 1 amide bonds. The van der Waals surface area contributed by atoms with Crippen molar-refractivity contribution in [3.05, 3.63) is 47.5 Å². The first-order valence-electron chi connectivity index (χ1n) is 8.81. The van der Waals surface area contributed by atoms with Crippen molar-refractivity contribution in [2.45, 2.75) is 44.9 Å². The van der Waals surface area contributed by atoms with Crippen LogP contribution in [0.3, 0.4) is 0 Å². The maximum absolute atomic E-state index is 12.6. The fourth-order valence-corrected chi connectivity index (χ4v) is 3.72. The van der Waals surface area contributed by atoms with E-state index in [1.807, 2.05) is 29.8 Å². The summed E-state index contributed by atoms with van der Waals surface area (Å²) in [5, 5.41) is 12.9. The number of aromatic nitrogens is 2. The Morgan fingerprint density at radius 1 is 1.48 bits per heavy atom. The van der Waals surface area contributed by atoms with Crippen LogP contribution in [0, 0.1) is 12.8 Å². The lowest BCUT2D eigenvalue weighted by Crippen LogP contribution is -2.42. The number of aliphatic hydroxyl groups excluding tert-OH is 1. The van der Waals surface area contributed by atoms with Crippen molar-refractivity contribution >= 4 is 5.91 Å². The van der Waals surface area contributed by atoms with Gasteiger partial charge in [-0.05, 0) is 48.9 Å². The summed E-state index contributed by atoms with van der Waals surface area (Å²) >= 11 is 0. The number of fused-ring (bicyclic) bond motifs is 1. The molecular weight excluding hydrogens is 318 g/mol. The van der Waals surface area contributed by atoms with Crippen LogP contribution in [0.15, 0.2) is 30.6 Å². The van der Waals surface area contributed by atoms with Crippen molar-refractivity contribution in [3.63, 3.8) is 0 Å². The average Bonchev–Trinajstić information content (AvgIpc) is 3.18. The molecule has 1 unspecified atom stereocenters. The molecule has 0 spiro atoms. The first-order valence-corrected chi connectivity index (χ1v) is 8.81. The van der Waals surface area contributed by atoms with Gasteiger partial charge in [-0.3, -0.25) is 4.79 Å². The molecule has 1 fully saturated rings. The summed E-state index contributed by atoms with van der Waals surface area (Å²) in [5.41, 5.74) is 2.29. The number of amides is 1. The third kappa shape index (κ3) is 3.26. The minimum Gasteiger partial charge on any atom is -0.493 e. The maximum atomic E-state index is 12.6. The van der Waals surface area contributed by atoms with Crippen molar-refractivity contribution in [2.24, 2.45) is 5.92 Å². The number of carbonyl (C=O) groups excluding carboxylic acids is 1. The SMILES string of the molecule is Cc1nccn1CC(=O)NC(c1ccc2c(c1)CCO2)C1CC(O)C1. The number of imidazole rings is 1. The molecule has 2 aliphatic rings. The number of aryl methyl sites for hydroxylation is 1. The van der Waals surface area contributed by atoms with Crippen LogP contribution in [0.25, 0.3) is 0 Å². The molecule has 1 aliphatic carbocycles. The minimum absolute atomic E-state index is 0.0377. The summed E-state index contributed by atoms with van der Waals surface area (Å²) in [6, 6.07) is 6.08. The number of rotatable bonds is 5. The highest BCUT2D eigenvalue weighted by Crippen LogP contribution is 2.39. The quantitative estimate of drug-likeness (QED) is 0.869. The Bertz CT molecular complexity index is 780. The second-order valence-corrected chi connectivity index (χ2v) is 7.00.